The molecule has 0 saturated carbocycles. The summed E-state index contributed by atoms with van der Waals surface area (Å²) in [5, 5.41) is 6.93. The molecule has 128 valence electrons. The van der Waals surface area contributed by atoms with Crippen LogP contribution in [0.25, 0.3) is 6.08 Å². The lowest BCUT2D eigenvalue weighted by Crippen LogP contribution is -2.28. The van der Waals surface area contributed by atoms with Crippen molar-refractivity contribution in [2.45, 2.75) is 13.5 Å². The lowest BCUT2D eigenvalue weighted by molar-refractivity contribution is -0.114. The van der Waals surface area contributed by atoms with Crippen molar-refractivity contribution in [1.29, 1.82) is 0 Å². The van der Waals surface area contributed by atoms with Gasteiger partial charge in [0.05, 0.1) is 23.4 Å². The van der Waals surface area contributed by atoms with Gasteiger partial charge in [-0.1, -0.05) is 0 Å². The van der Waals surface area contributed by atoms with Gasteiger partial charge in [-0.05, 0) is 37.3 Å². The van der Waals surface area contributed by atoms with Crippen molar-refractivity contribution in [3.8, 4) is 0 Å². The van der Waals surface area contributed by atoms with Crippen LogP contribution < -0.4 is 4.90 Å². The van der Waals surface area contributed by atoms with E-state index in [2.05, 4.69) is 10.1 Å². The van der Waals surface area contributed by atoms with E-state index in [1.807, 2.05) is 25.5 Å². The van der Waals surface area contributed by atoms with Gasteiger partial charge in [-0.3, -0.25) is 9.48 Å². The van der Waals surface area contributed by atoms with Crippen LogP contribution in [0, 0.1) is 12.7 Å². The molecule has 0 unspecified atom stereocenters. The van der Waals surface area contributed by atoms with E-state index in [0.29, 0.717) is 12.2 Å². The van der Waals surface area contributed by atoms with Crippen molar-refractivity contribution in [3.05, 3.63) is 70.2 Å². The predicted molar refractivity (Wildman–Crippen MR) is 96.7 cm³/mol. The maximum absolute atomic E-state index is 13.2. The van der Waals surface area contributed by atoms with Crippen LogP contribution in [-0.2, 0) is 18.4 Å². The normalized spacial score (nSPS) is 11.2. The molecule has 0 N–H and O–H groups in total. The zero-order valence-electron chi connectivity index (χ0n) is 13.9. The monoisotopic (exact) mass is 356 g/mol. The van der Waals surface area contributed by atoms with Crippen LogP contribution in [0.5, 0.6) is 0 Å². The fourth-order valence-corrected chi connectivity index (χ4v) is 2.95. The molecule has 0 saturated heterocycles. The highest BCUT2D eigenvalue weighted by Crippen LogP contribution is 2.20. The van der Waals surface area contributed by atoms with Crippen molar-refractivity contribution in [1.82, 2.24) is 14.8 Å². The number of benzene rings is 1. The van der Waals surface area contributed by atoms with Gasteiger partial charge in [0.25, 0.3) is 5.91 Å². The SMILES string of the molecule is Cc1nc(CN(C(=O)/C=C/c2cnn(C)c2)c2ccc(F)cc2)cs1. The number of amides is 1. The molecule has 0 aliphatic heterocycles. The zero-order valence-corrected chi connectivity index (χ0v) is 14.7. The van der Waals surface area contributed by atoms with E-state index < -0.39 is 0 Å². The Morgan fingerprint density at radius 3 is 2.72 bits per heavy atom. The number of rotatable bonds is 5. The lowest BCUT2D eigenvalue weighted by Gasteiger charge is -2.20. The summed E-state index contributed by atoms with van der Waals surface area (Å²) in [6.45, 7) is 2.24. The largest absolute Gasteiger partial charge is 0.303 e. The molecular weight excluding hydrogens is 339 g/mol. The fourth-order valence-electron chi connectivity index (χ4n) is 2.34. The van der Waals surface area contributed by atoms with Crippen molar-refractivity contribution >= 4 is 29.0 Å². The molecule has 2 aromatic heterocycles. The molecule has 0 aliphatic carbocycles. The second kappa shape index (κ2) is 7.40. The van der Waals surface area contributed by atoms with Crippen molar-refractivity contribution in [3.63, 3.8) is 0 Å². The second-order valence-corrected chi connectivity index (χ2v) is 6.60. The summed E-state index contributed by atoms with van der Waals surface area (Å²) in [5.74, 6) is -0.548. The first-order chi connectivity index (χ1) is 12.0. The number of anilines is 1. The Bertz CT molecular complexity index is 898. The minimum Gasteiger partial charge on any atom is -0.303 e. The number of thiazole rings is 1. The number of nitrogens with zero attached hydrogens (tertiary/aromatic N) is 4. The van der Waals surface area contributed by atoms with E-state index in [1.54, 1.807) is 34.0 Å². The Morgan fingerprint density at radius 1 is 1.36 bits per heavy atom. The zero-order chi connectivity index (χ0) is 17.8. The number of carbonyl (C=O) groups is 1. The van der Waals surface area contributed by atoms with Crippen LogP contribution in [0.15, 0.2) is 48.1 Å². The van der Waals surface area contributed by atoms with Crippen LogP contribution >= 0.6 is 11.3 Å². The van der Waals surface area contributed by atoms with Gasteiger partial charge < -0.3 is 4.90 Å². The average Bonchev–Trinajstić information content (AvgIpc) is 3.19. The van der Waals surface area contributed by atoms with Gasteiger partial charge in [-0.25, -0.2) is 9.37 Å². The first-order valence-electron chi connectivity index (χ1n) is 7.66. The molecule has 25 heavy (non-hydrogen) atoms. The minimum atomic E-state index is -0.341. The molecule has 1 amide bonds. The summed E-state index contributed by atoms with van der Waals surface area (Å²) in [7, 11) is 1.81. The fraction of sp³-hybridized carbons (Fsp3) is 0.167. The Morgan fingerprint density at radius 2 is 2.12 bits per heavy atom. The minimum absolute atomic E-state index is 0.207. The molecule has 3 aromatic rings. The summed E-state index contributed by atoms with van der Waals surface area (Å²) < 4.78 is 14.9. The smallest absolute Gasteiger partial charge is 0.251 e. The summed E-state index contributed by atoms with van der Waals surface area (Å²) in [4.78, 5) is 18.7. The van der Waals surface area contributed by atoms with Gasteiger partial charge in [-0.2, -0.15) is 5.10 Å². The van der Waals surface area contributed by atoms with Crippen LogP contribution in [0.3, 0.4) is 0 Å². The highest BCUT2D eigenvalue weighted by atomic mass is 32.1. The first kappa shape index (κ1) is 17.0. The highest BCUT2D eigenvalue weighted by molar-refractivity contribution is 7.09. The van der Waals surface area contributed by atoms with E-state index in [0.717, 1.165) is 16.3 Å². The van der Waals surface area contributed by atoms with Crippen LogP contribution in [0.1, 0.15) is 16.3 Å². The van der Waals surface area contributed by atoms with Crippen LogP contribution in [-0.4, -0.2) is 20.7 Å². The molecule has 2 heterocycles. The van der Waals surface area contributed by atoms with Crippen LogP contribution in [0.4, 0.5) is 10.1 Å². The molecule has 0 atom stereocenters. The van der Waals surface area contributed by atoms with Crippen molar-refractivity contribution in [2.24, 2.45) is 7.05 Å². The standard InChI is InChI=1S/C18H17FN4OS/c1-13-21-16(12-25-13)11-23(17-6-4-15(19)5-7-17)18(24)8-3-14-9-20-22(2)10-14/h3-10,12H,11H2,1-2H3/b8-3+. The number of halogens is 1. The quantitative estimate of drug-likeness (QED) is 0.657. The molecule has 0 radical (unpaired) electrons. The topological polar surface area (TPSA) is 51.0 Å². The lowest BCUT2D eigenvalue weighted by atomic mass is 10.2. The maximum Gasteiger partial charge on any atom is 0.251 e. The first-order valence-corrected chi connectivity index (χ1v) is 8.54. The maximum atomic E-state index is 13.2. The summed E-state index contributed by atoms with van der Waals surface area (Å²) in [5.41, 5.74) is 2.25. The van der Waals surface area contributed by atoms with Gasteiger partial charge in [0.15, 0.2) is 0 Å². The third kappa shape index (κ3) is 4.39. The second-order valence-electron chi connectivity index (χ2n) is 5.54. The Kier molecular flexibility index (Phi) is 5.04. The number of hydrogen-bond donors (Lipinski definition) is 0. The molecular formula is C18H17FN4OS. The number of hydrogen-bond acceptors (Lipinski definition) is 4. The molecule has 5 nitrogen and oxygen atoms in total. The van der Waals surface area contributed by atoms with E-state index in [9.17, 15) is 9.18 Å². The van der Waals surface area contributed by atoms with Gasteiger partial charge in [0.2, 0.25) is 0 Å². The van der Waals surface area contributed by atoms with Gasteiger partial charge in [-0.15, -0.1) is 11.3 Å². The molecule has 0 fully saturated rings. The Balaban J connectivity index is 1.85. The van der Waals surface area contributed by atoms with Crippen molar-refractivity contribution < 1.29 is 9.18 Å². The van der Waals surface area contributed by atoms with E-state index >= 15 is 0 Å². The van der Waals surface area contributed by atoms with E-state index in [4.69, 9.17) is 0 Å². The van der Waals surface area contributed by atoms with E-state index in [-0.39, 0.29) is 11.7 Å². The number of carbonyl (C=O) groups excluding carboxylic acids is 1. The molecule has 7 heteroatoms. The van der Waals surface area contributed by atoms with E-state index in [1.165, 1.54) is 29.5 Å². The number of aryl methyl sites for hydroxylation is 2. The van der Waals surface area contributed by atoms with Gasteiger partial charge >= 0.3 is 0 Å². The predicted octanol–water partition coefficient (Wildman–Crippen LogP) is 3.57. The molecule has 0 bridgehead atoms. The third-order valence-electron chi connectivity index (χ3n) is 3.53. The Hall–Kier alpha value is -2.80. The Labute approximate surface area is 149 Å². The van der Waals surface area contributed by atoms with Gasteiger partial charge in [0.1, 0.15) is 5.82 Å². The summed E-state index contributed by atoms with van der Waals surface area (Å²) >= 11 is 1.53. The van der Waals surface area contributed by atoms with Gasteiger partial charge in [0, 0.05) is 36.0 Å². The van der Waals surface area contributed by atoms with Crippen LogP contribution in [0.2, 0.25) is 0 Å². The third-order valence-corrected chi connectivity index (χ3v) is 4.36. The summed E-state index contributed by atoms with van der Waals surface area (Å²) in [6, 6.07) is 5.86. The molecule has 0 spiro atoms. The number of aromatic nitrogens is 3. The van der Waals surface area contributed by atoms with Crippen molar-refractivity contribution in [2.75, 3.05) is 4.90 Å². The average molecular weight is 356 g/mol. The summed E-state index contributed by atoms with van der Waals surface area (Å²) in [6.07, 6.45) is 6.68. The molecule has 0 aliphatic rings. The highest BCUT2D eigenvalue weighted by Gasteiger charge is 2.15. The molecule has 3 rings (SSSR count). The molecule has 1 aromatic carbocycles.